The van der Waals surface area contributed by atoms with Crippen molar-refractivity contribution in [3.63, 3.8) is 0 Å². The first-order valence-electron chi connectivity index (χ1n) is 6.33. The molecule has 106 valence electrons. The average Bonchev–Trinajstić information content (AvgIpc) is 2.83. The molecular weight excluding hydrogens is 248 g/mol. The molecule has 2 rings (SSSR count). The zero-order valence-electron chi connectivity index (χ0n) is 11.1. The van der Waals surface area contributed by atoms with Crippen LogP contribution in [0.25, 0.3) is 0 Å². The van der Waals surface area contributed by atoms with Gasteiger partial charge in [-0.15, -0.1) is 5.10 Å². The van der Waals surface area contributed by atoms with Crippen LogP contribution in [0, 0.1) is 0 Å². The largest absolute Gasteiger partial charge is 0.374 e. The molecule has 0 radical (unpaired) electrons. The van der Waals surface area contributed by atoms with E-state index < -0.39 is 0 Å². The van der Waals surface area contributed by atoms with Crippen molar-refractivity contribution in [2.24, 2.45) is 5.73 Å². The van der Waals surface area contributed by atoms with Crippen molar-refractivity contribution < 1.29 is 9.53 Å². The normalized spacial score (nSPS) is 20.4. The molecule has 1 fully saturated rings. The predicted octanol–water partition coefficient (Wildman–Crippen LogP) is -1.82. The second kappa shape index (κ2) is 6.60. The van der Waals surface area contributed by atoms with E-state index in [2.05, 4.69) is 27.6 Å². The number of carbonyl (C=O) groups is 1. The van der Waals surface area contributed by atoms with Gasteiger partial charge in [0, 0.05) is 13.1 Å². The molecule has 0 saturated carbocycles. The summed E-state index contributed by atoms with van der Waals surface area (Å²) in [6.07, 6.45) is 1.95. The fraction of sp³-hybridized carbons (Fsp3) is 0.727. The van der Waals surface area contributed by atoms with E-state index in [9.17, 15) is 4.79 Å². The van der Waals surface area contributed by atoms with Gasteiger partial charge in [0.15, 0.2) is 0 Å². The smallest absolute Gasteiger partial charge is 0.234 e. The minimum Gasteiger partial charge on any atom is -0.374 e. The van der Waals surface area contributed by atoms with E-state index in [1.54, 1.807) is 4.68 Å². The van der Waals surface area contributed by atoms with Gasteiger partial charge in [0.05, 0.1) is 38.5 Å². The number of nitrogens with zero attached hydrogens (tertiary/aromatic N) is 4. The van der Waals surface area contributed by atoms with Crippen molar-refractivity contribution in [2.75, 3.05) is 33.3 Å². The van der Waals surface area contributed by atoms with E-state index in [0.29, 0.717) is 18.8 Å². The molecule has 1 aromatic rings. The van der Waals surface area contributed by atoms with Crippen molar-refractivity contribution in [3.8, 4) is 0 Å². The second-order valence-electron chi connectivity index (χ2n) is 4.67. The minimum atomic E-state index is -0.202. The highest BCUT2D eigenvalue weighted by atomic mass is 16.5. The Morgan fingerprint density at radius 2 is 2.53 bits per heavy atom. The van der Waals surface area contributed by atoms with Crippen molar-refractivity contribution in [2.45, 2.75) is 19.2 Å². The number of hydrogen-bond donors (Lipinski definition) is 2. The Morgan fingerprint density at radius 1 is 1.68 bits per heavy atom. The third-order valence-corrected chi connectivity index (χ3v) is 2.97. The highest BCUT2D eigenvalue weighted by Crippen LogP contribution is 2.05. The van der Waals surface area contributed by atoms with Crippen LogP contribution in [-0.2, 0) is 22.6 Å². The summed E-state index contributed by atoms with van der Waals surface area (Å²) in [4.78, 5) is 13.3. The van der Waals surface area contributed by atoms with Crippen molar-refractivity contribution in [1.82, 2.24) is 25.2 Å². The van der Waals surface area contributed by atoms with Gasteiger partial charge in [-0.2, -0.15) is 0 Å². The zero-order valence-corrected chi connectivity index (χ0v) is 11.1. The van der Waals surface area contributed by atoms with Gasteiger partial charge in [-0.1, -0.05) is 5.21 Å². The fourth-order valence-electron chi connectivity index (χ4n) is 1.96. The van der Waals surface area contributed by atoms with Crippen LogP contribution in [0.5, 0.6) is 0 Å². The maximum atomic E-state index is 11.0. The Bertz CT molecular complexity index is 421. The van der Waals surface area contributed by atoms with Gasteiger partial charge in [0.1, 0.15) is 5.69 Å². The molecule has 1 unspecified atom stereocenters. The van der Waals surface area contributed by atoms with Gasteiger partial charge in [0.25, 0.3) is 0 Å². The monoisotopic (exact) mass is 268 g/mol. The summed E-state index contributed by atoms with van der Waals surface area (Å²) in [6.45, 7) is 3.60. The molecule has 3 N–H and O–H groups in total. The van der Waals surface area contributed by atoms with Crippen LogP contribution in [0.4, 0.5) is 0 Å². The number of rotatable bonds is 5. The van der Waals surface area contributed by atoms with E-state index >= 15 is 0 Å². The molecule has 1 saturated heterocycles. The lowest BCUT2D eigenvalue weighted by Gasteiger charge is -2.29. The lowest BCUT2D eigenvalue weighted by molar-refractivity contribution is -0.119. The maximum Gasteiger partial charge on any atom is 0.234 e. The number of hydrogen-bond acceptors (Lipinski definition) is 6. The number of nitrogens with one attached hydrogen (secondary N) is 1. The Hall–Kier alpha value is -1.51. The molecule has 0 aliphatic carbocycles. The van der Waals surface area contributed by atoms with E-state index in [0.717, 1.165) is 19.7 Å². The summed E-state index contributed by atoms with van der Waals surface area (Å²) in [6, 6.07) is 0. The second-order valence-corrected chi connectivity index (χ2v) is 4.67. The number of ether oxygens (including phenoxy) is 1. The topological polar surface area (TPSA) is 98.3 Å². The lowest BCUT2D eigenvalue weighted by atomic mass is 10.3. The van der Waals surface area contributed by atoms with E-state index in [4.69, 9.17) is 10.5 Å². The molecule has 19 heavy (non-hydrogen) atoms. The van der Waals surface area contributed by atoms with Crippen LogP contribution < -0.4 is 11.1 Å². The Labute approximate surface area is 111 Å². The zero-order chi connectivity index (χ0) is 13.7. The quantitative estimate of drug-likeness (QED) is 0.653. The predicted molar refractivity (Wildman–Crippen MR) is 68.2 cm³/mol. The van der Waals surface area contributed by atoms with Crippen molar-refractivity contribution in [1.29, 1.82) is 0 Å². The first kappa shape index (κ1) is 13.9. The molecule has 8 nitrogen and oxygen atoms in total. The summed E-state index contributed by atoms with van der Waals surface area (Å²) in [5.41, 5.74) is 5.92. The Balaban J connectivity index is 1.81. The maximum absolute atomic E-state index is 11.0. The number of morpholine rings is 1. The minimum absolute atomic E-state index is 0.0175. The summed E-state index contributed by atoms with van der Waals surface area (Å²) in [7, 11) is 2.07. The Kier molecular flexibility index (Phi) is 4.83. The molecule has 0 bridgehead atoms. The molecule has 1 aromatic heterocycles. The van der Waals surface area contributed by atoms with E-state index in [-0.39, 0.29) is 18.6 Å². The first-order valence-corrected chi connectivity index (χ1v) is 6.33. The number of aromatic nitrogens is 3. The van der Waals surface area contributed by atoms with Crippen LogP contribution in [0.2, 0.25) is 0 Å². The van der Waals surface area contributed by atoms with Gasteiger partial charge < -0.3 is 20.7 Å². The lowest BCUT2D eigenvalue weighted by Crippen LogP contribution is -2.42. The van der Waals surface area contributed by atoms with Gasteiger partial charge in [-0.05, 0) is 7.05 Å². The van der Waals surface area contributed by atoms with Gasteiger partial charge >= 0.3 is 0 Å². The van der Waals surface area contributed by atoms with Crippen LogP contribution in [0.3, 0.4) is 0 Å². The van der Waals surface area contributed by atoms with E-state index in [1.807, 2.05) is 6.20 Å². The molecule has 8 heteroatoms. The van der Waals surface area contributed by atoms with Gasteiger partial charge in [-0.3, -0.25) is 4.79 Å². The highest BCUT2D eigenvalue weighted by Gasteiger charge is 2.18. The van der Waals surface area contributed by atoms with Gasteiger partial charge in [0.2, 0.25) is 5.91 Å². The molecule has 1 atom stereocenters. The molecule has 2 heterocycles. The molecule has 1 amide bonds. The Morgan fingerprint density at radius 3 is 3.26 bits per heavy atom. The van der Waals surface area contributed by atoms with Crippen molar-refractivity contribution >= 4 is 5.91 Å². The van der Waals surface area contributed by atoms with Crippen molar-refractivity contribution in [3.05, 3.63) is 11.9 Å². The standard InChI is InChI=1S/C11H20N6O2/c1-16-2-3-19-10(7-16)8-17-6-9(14-15-17)5-13-11(18)4-12/h6,10H,2-5,7-8,12H2,1H3,(H,13,18). The average molecular weight is 268 g/mol. The molecule has 1 aliphatic rings. The molecule has 1 aliphatic heterocycles. The van der Waals surface area contributed by atoms with Crippen LogP contribution in [-0.4, -0.2) is 65.2 Å². The summed E-state index contributed by atoms with van der Waals surface area (Å²) >= 11 is 0. The summed E-state index contributed by atoms with van der Waals surface area (Å²) in [5, 5.41) is 10.7. The van der Waals surface area contributed by atoms with Crippen LogP contribution >= 0.6 is 0 Å². The number of amides is 1. The van der Waals surface area contributed by atoms with Crippen LogP contribution in [0.15, 0.2) is 6.20 Å². The molecule has 0 spiro atoms. The number of likely N-dealkylation sites (N-methyl/N-ethyl adjacent to an activating group) is 1. The van der Waals surface area contributed by atoms with Crippen LogP contribution in [0.1, 0.15) is 5.69 Å². The van der Waals surface area contributed by atoms with Gasteiger partial charge in [-0.25, -0.2) is 4.68 Å². The molecule has 0 aromatic carbocycles. The number of carbonyl (C=O) groups excluding carboxylic acids is 1. The first-order chi connectivity index (χ1) is 9.17. The summed E-state index contributed by atoms with van der Waals surface area (Å²) < 4.78 is 7.40. The number of nitrogens with two attached hydrogens (primary N) is 1. The SMILES string of the molecule is CN1CCOC(Cn2cc(CNC(=O)CN)nn2)C1. The highest BCUT2D eigenvalue weighted by molar-refractivity contribution is 5.77. The third kappa shape index (κ3) is 4.27. The summed E-state index contributed by atoms with van der Waals surface area (Å²) in [5.74, 6) is -0.202. The fourth-order valence-corrected chi connectivity index (χ4v) is 1.96. The third-order valence-electron chi connectivity index (χ3n) is 2.97. The molecular formula is C11H20N6O2. The van der Waals surface area contributed by atoms with E-state index in [1.165, 1.54) is 0 Å².